The lowest BCUT2D eigenvalue weighted by atomic mass is 10.1. The van der Waals surface area contributed by atoms with Crippen molar-refractivity contribution >= 4 is 17.0 Å². The number of thiazole rings is 1. The Morgan fingerprint density at radius 3 is 2.59 bits per heavy atom. The zero-order chi connectivity index (χ0) is 12.1. The Morgan fingerprint density at radius 2 is 2.00 bits per heavy atom. The second-order valence-electron chi connectivity index (χ2n) is 4.52. The van der Waals surface area contributed by atoms with Gasteiger partial charge in [0.15, 0.2) is 0 Å². The monoisotopic (exact) mass is 246 g/mol. The van der Waals surface area contributed by atoms with E-state index in [2.05, 4.69) is 48.4 Å². The molecule has 0 aliphatic heterocycles. The minimum absolute atomic E-state index is 0.747. The molecular weight excluding hydrogens is 228 g/mol. The summed E-state index contributed by atoms with van der Waals surface area (Å²) in [5, 5.41) is 6.52. The Balaban J connectivity index is 1.94. The highest BCUT2D eigenvalue weighted by Crippen LogP contribution is 2.23. The van der Waals surface area contributed by atoms with Crippen LogP contribution < -0.4 is 5.32 Å². The molecule has 2 rings (SSSR count). The molecule has 17 heavy (non-hydrogen) atoms. The fraction of sp³-hybridized carbons (Fsp3) is 0.357. The van der Waals surface area contributed by atoms with Gasteiger partial charge in [0.25, 0.3) is 0 Å². The third-order valence-electron chi connectivity index (χ3n) is 2.61. The van der Waals surface area contributed by atoms with Gasteiger partial charge in [0.05, 0.1) is 0 Å². The summed E-state index contributed by atoms with van der Waals surface area (Å²) in [4.78, 5) is 4.30. The third kappa shape index (κ3) is 3.56. The quantitative estimate of drug-likeness (QED) is 0.852. The SMILES string of the molecule is CC(C)CCNc1ccc(-c2nccs2)cc1. The van der Waals surface area contributed by atoms with E-state index < -0.39 is 0 Å². The molecule has 3 heteroatoms. The summed E-state index contributed by atoms with van der Waals surface area (Å²) in [7, 11) is 0. The van der Waals surface area contributed by atoms with Gasteiger partial charge in [-0.05, 0) is 36.6 Å². The molecule has 1 aromatic heterocycles. The highest BCUT2D eigenvalue weighted by Gasteiger charge is 2.00. The second-order valence-corrected chi connectivity index (χ2v) is 5.42. The van der Waals surface area contributed by atoms with Gasteiger partial charge in [-0.25, -0.2) is 4.98 Å². The molecule has 0 radical (unpaired) electrons. The molecule has 0 aliphatic rings. The van der Waals surface area contributed by atoms with Crippen molar-refractivity contribution in [2.75, 3.05) is 11.9 Å². The summed E-state index contributed by atoms with van der Waals surface area (Å²) < 4.78 is 0. The van der Waals surface area contributed by atoms with Gasteiger partial charge in [0.2, 0.25) is 0 Å². The molecule has 0 amide bonds. The number of nitrogens with one attached hydrogen (secondary N) is 1. The summed E-state index contributed by atoms with van der Waals surface area (Å²) in [6, 6.07) is 8.49. The predicted octanol–water partition coefficient (Wildman–Crippen LogP) is 4.27. The standard InChI is InChI=1S/C14H18N2S/c1-11(2)7-8-15-13-5-3-12(4-6-13)14-16-9-10-17-14/h3-6,9-11,15H,7-8H2,1-2H3. The van der Waals surface area contributed by atoms with E-state index in [0.29, 0.717) is 0 Å². The minimum atomic E-state index is 0.747. The normalized spacial score (nSPS) is 10.8. The van der Waals surface area contributed by atoms with E-state index >= 15 is 0 Å². The molecule has 0 atom stereocenters. The van der Waals surface area contributed by atoms with Crippen LogP contribution in [0.4, 0.5) is 5.69 Å². The first-order chi connectivity index (χ1) is 8.25. The number of hydrogen-bond acceptors (Lipinski definition) is 3. The summed E-state index contributed by atoms with van der Waals surface area (Å²) in [5.41, 5.74) is 2.38. The van der Waals surface area contributed by atoms with Gasteiger partial charge in [0.1, 0.15) is 5.01 Å². The number of benzene rings is 1. The Bertz CT molecular complexity index is 432. The smallest absolute Gasteiger partial charge is 0.123 e. The molecule has 90 valence electrons. The van der Waals surface area contributed by atoms with E-state index in [-0.39, 0.29) is 0 Å². The Morgan fingerprint density at radius 1 is 1.24 bits per heavy atom. The van der Waals surface area contributed by atoms with E-state index in [4.69, 9.17) is 0 Å². The molecule has 2 aromatic rings. The van der Waals surface area contributed by atoms with Crippen molar-refractivity contribution in [3.63, 3.8) is 0 Å². The molecule has 0 fully saturated rings. The number of nitrogens with zero attached hydrogens (tertiary/aromatic N) is 1. The Hall–Kier alpha value is -1.35. The van der Waals surface area contributed by atoms with Gasteiger partial charge in [-0.3, -0.25) is 0 Å². The van der Waals surface area contributed by atoms with Crippen molar-refractivity contribution < 1.29 is 0 Å². The van der Waals surface area contributed by atoms with E-state index in [1.54, 1.807) is 11.3 Å². The summed E-state index contributed by atoms with van der Waals surface area (Å²) in [6.07, 6.45) is 3.04. The zero-order valence-corrected chi connectivity index (χ0v) is 11.1. The molecule has 1 N–H and O–H groups in total. The van der Waals surface area contributed by atoms with Gasteiger partial charge in [0, 0.05) is 29.4 Å². The van der Waals surface area contributed by atoms with Crippen LogP contribution in [0.1, 0.15) is 20.3 Å². The average molecular weight is 246 g/mol. The minimum Gasteiger partial charge on any atom is -0.385 e. The largest absolute Gasteiger partial charge is 0.385 e. The first-order valence-electron chi connectivity index (χ1n) is 5.99. The average Bonchev–Trinajstić information content (AvgIpc) is 2.83. The summed E-state index contributed by atoms with van der Waals surface area (Å²) in [5.74, 6) is 0.747. The predicted molar refractivity (Wildman–Crippen MR) is 75.5 cm³/mol. The van der Waals surface area contributed by atoms with Crippen molar-refractivity contribution in [2.45, 2.75) is 20.3 Å². The van der Waals surface area contributed by atoms with Crippen LogP contribution in [-0.4, -0.2) is 11.5 Å². The number of anilines is 1. The lowest BCUT2D eigenvalue weighted by Crippen LogP contribution is -2.04. The number of aromatic nitrogens is 1. The molecule has 1 heterocycles. The molecule has 0 spiro atoms. The van der Waals surface area contributed by atoms with Gasteiger partial charge in [-0.2, -0.15) is 0 Å². The molecule has 0 unspecified atom stereocenters. The number of rotatable bonds is 5. The maximum Gasteiger partial charge on any atom is 0.123 e. The Kier molecular flexibility index (Phi) is 4.15. The highest BCUT2D eigenvalue weighted by atomic mass is 32.1. The van der Waals surface area contributed by atoms with Crippen LogP contribution >= 0.6 is 11.3 Å². The summed E-state index contributed by atoms with van der Waals surface area (Å²) in [6.45, 7) is 5.52. The van der Waals surface area contributed by atoms with Crippen LogP contribution in [0.15, 0.2) is 35.8 Å². The van der Waals surface area contributed by atoms with Crippen molar-refractivity contribution in [1.82, 2.24) is 4.98 Å². The maximum atomic E-state index is 4.30. The van der Waals surface area contributed by atoms with Crippen LogP contribution in [0.5, 0.6) is 0 Å². The van der Waals surface area contributed by atoms with E-state index in [1.165, 1.54) is 17.7 Å². The maximum absolute atomic E-state index is 4.30. The van der Waals surface area contributed by atoms with Crippen LogP contribution in [0.25, 0.3) is 10.6 Å². The topological polar surface area (TPSA) is 24.9 Å². The second kappa shape index (κ2) is 5.82. The van der Waals surface area contributed by atoms with Gasteiger partial charge >= 0.3 is 0 Å². The van der Waals surface area contributed by atoms with Crippen LogP contribution in [0.3, 0.4) is 0 Å². The van der Waals surface area contributed by atoms with Crippen molar-refractivity contribution in [3.8, 4) is 10.6 Å². The van der Waals surface area contributed by atoms with Crippen LogP contribution in [0.2, 0.25) is 0 Å². The molecule has 1 aromatic carbocycles. The highest BCUT2D eigenvalue weighted by molar-refractivity contribution is 7.13. The Labute approximate surface area is 107 Å². The van der Waals surface area contributed by atoms with Gasteiger partial charge < -0.3 is 5.32 Å². The van der Waals surface area contributed by atoms with Crippen LogP contribution in [-0.2, 0) is 0 Å². The van der Waals surface area contributed by atoms with Crippen molar-refractivity contribution in [3.05, 3.63) is 35.8 Å². The first kappa shape index (κ1) is 12.1. The van der Waals surface area contributed by atoms with E-state index in [0.717, 1.165) is 17.5 Å². The molecular formula is C14H18N2S. The number of hydrogen-bond donors (Lipinski definition) is 1. The summed E-state index contributed by atoms with van der Waals surface area (Å²) >= 11 is 1.67. The third-order valence-corrected chi connectivity index (χ3v) is 3.44. The molecule has 0 saturated carbocycles. The lowest BCUT2D eigenvalue weighted by Gasteiger charge is -2.08. The van der Waals surface area contributed by atoms with Crippen LogP contribution in [0, 0.1) is 5.92 Å². The lowest BCUT2D eigenvalue weighted by molar-refractivity contribution is 0.607. The van der Waals surface area contributed by atoms with Gasteiger partial charge in [-0.1, -0.05) is 13.8 Å². The molecule has 0 saturated heterocycles. The molecule has 0 bridgehead atoms. The van der Waals surface area contributed by atoms with Crippen molar-refractivity contribution in [1.29, 1.82) is 0 Å². The van der Waals surface area contributed by atoms with Gasteiger partial charge in [-0.15, -0.1) is 11.3 Å². The molecule has 0 aliphatic carbocycles. The fourth-order valence-electron chi connectivity index (χ4n) is 1.60. The van der Waals surface area contributed by atoms with Crippen molar-refractivity contribution in [2.24, 2.45) is 5.92 Å². The van der Waals surface area contributed by atoms with E-state index in [9.17, 15) is 0 Å². The van der Waals surface area contributed by atoms with E-state index in [1.807, 2.05) is 11.6 Å². The fourth-order valence-corrected chi connectivity index (χ4v) is 2.25. The first-order valence-corrected chi connectivity index (χ1v) is 6.87. The molecule has 2 nitrogen and oxygen atoms in total. The zero-order valence-electron chi connectivity index (χ0n) is 10.3.